The maximum atomic E-state index is 5.02. The zero-order valence-electron chi connectivity index (χ0n) is 19.8. The highest BCUT2D eigenvalue weighted by atomic mass is 15.2. The summed E-state index contributed by atoms with van der Waals surface area (Å²) in [7, 11) is 0. The highest BCUT2D eigenvalue weighted by Gasteiger charge is 2.22. The van der Waals surface area contributed by atoms with Gasteiger partial charge in [-0.05, 0) is 63.1 Å². The summed E-state index contributed by atoms with van der Waals surface area (Å²) in [5, 5.41) is 7.23. The third-order valence-corrected chi connectivity index (χ3v) is 6.64. The lowest BCUT2D eigenvalue weighted by atomic mass is 10.1. The van der Waals surface area contributed by atoms with Crippen molar-refractivity contribution in [3.63, 3.8) is 0 Å². The van der Waals surface area contributed by atoms with Crippen LogP contribution in [0.25, 0.3) is 22.1 Å². The summed E-state index contributed by atoms with van der Waals surface area (Å²) in [5.41, 5.74) is 6.56. The third-order valence-electron chi connectivity index (χ3n) is 6.64. The van der Waals surface area contributed by atoms with Crippen LogP contribution in [0.4, 0.5) is 0 Å². The third kappa shape index (κ3) is 4.94. The van der Waals surface area contributed by atoms with Crippen molar-refractivity contribution in [2.45, 2.75) is 65.0 Å². The number of piperazine rings is 2. The minimum Gasteiger partial charge on any atom is -0.309 e. The van der Waals surface area contributed by atoms with Gasteiger partial charge >= 0.3 is 0 Å². The predicted octanol–water partition coefficient (Wildman–Crippen LogP) is 3.15. The second-order valence-electron chi connectivity index (χ2n) is 10.2. The zero-order valence-corrected chi connectivity index (χ0v) is 19.8. The molecule has 0 radical (unpaired) electrons. The lowest BCUT2D eigenvalue weighted by Crippen LogP contribution is -2.53. The van der Waals surface area contributed by atoms with E-state index in [1.807, 2.05) is 0 Å². The van der Waals surface area contributed by atoms with Crippen molar-refractivity contribution in [2.75, 3.05) is 26.2 Å². The van der Waals surface area contributed by atoms with Crippen molar-refractivity contribution in [2.24, 2.45) is 0 Å². The number of hydrogen-bond acceptors (Lipinski definition) is 6. The van der Waals surface area contributed by atoms with E-state index in [1.54, 1.807) is 0 Å². The van der Waals surface area contributed by atoms with Gasteiger partial charge in [-0.3, -0.25) is 9.80 Å². The second kappa shape index (κ2) is 9.02. The van der Waals surface area contributed by atoms with Crippen LogP contribution in [-0.2, 0) is 13.1 Å². The van der Waals surface area contributed by atoms with E-state index in [4.69, 9.17) is 9.97 Å². The average Bonchev–Trinajstić information content (AvgIpc) is 2.71. The monoisotopic (exact) mass is 432 g/mol. The molecule has 3 heterocycles. The molecule has 0 spiro atoms. The van der Waals surface area contributed by atoms with E-state index in [0.717, 1.165) is 61.3 Å². The predicted molar refractivity (Wildman–Crippen MR) is 132 cm³/mol. The Hall–Kier alpha value is -2.12. The lowest BCUT2D eigenvalue weighted by Gasteiger charge is -2.36. The fourth-order valence-electron chi connectivity index (χ4n) is 5.62. The van der Waals surface area contributed by atoms with Gasteiger partial charge in [0.15, 0.2) is 0 Å². The summed E-state index contributed by atoms with van der Waals surface area (Å²) in [6, 6.07) is 15.3. The molecule has 2 saturated heterocycles. The Kier molecular flexibility index (Phi) is 6.12. The van der Waals surface area contributed by atoms with E-state index in [1.165, 1.54) is 11.1 Å². The molecule has 2 aromatic carbocycles. The van der Waals surface area contributed by atoms with Crippen molar-refractivity contribution in [3.05, 3.63) is 47.5 Å². The van der Waals surface area contributed by atoms with Crippen molar-refractivity contribution >= 4 is 22.1 Å². The highest BCUT2D eigenvalue weighted by Crippen LogP contribution is 2.21. The number of nitrogens with one attached hydrogen (secondary N) is 2. The molecule has 32 heavy (non-hydrogen) atoms. The molecule has 2 fully saturated rings. The lowest BCUT2D eigenvalue weighted by molar-refractivity contribution is 0.166. The van der Waals surface area contributed by atoms with Crippen molar-refractivity contribution < 1.29 is 0 Å². The molecule has 6 nitrogen and oxygen atoms in total. The standard InChI is InChI=1S/C26H36N6/c1-17-11-31(12-18(2)27-17)15-21-5-7-23-25(9-21)30-26-10-22(6-8-24(26)29-23)16-32-13-19(3)28-20(4)14-32/h5-10,17-20,27-28H,11-16H2,1-4H3. The van der Waals surface area contributed by atoms with Gasteiger partial charge in [-0.25, -0.2) is 9.97 Å². The molecule has 3 aromatic rings. The van der Waals surface area contributed by atoms with E-state index in [2.05, 4.69) is 84.5 Å². The fraction of sp³-hybridized carbons (Fsp3) is 0.538. The number of benzene rings is 2. The number of nitrogens with zero attached hydrogens (tertiary/aromatic N) is 4. The Morgan fingerprint density at radius 3 is 1.41 bits per heavy atom. The molecule has 2 aliphatic rings. The molecule has 0 bridgehead atoms. The molecule has 2 N–H and O–H groups in total. The molecular formula is C26H36N6. The maximum Gasteiger partial charge on any atom is 0.0897 e. The Morgan fingerprint density at radius 1 is 0.625 bits per heavy atom. The first-order valence-corrected chi connectivity index (χ1v) is 12.1. The summed E-state index contributed by atoms with van der Waals surface area (Å²) in [5.74, 6) is 0. The Morgan fingerprint density at radius 2 is 1.00 bits per heavy atom. The van der Waals surface area contributed by atoms with Crippen LogP contribution in [0.15, 0.2) is 36.4 Å². The quantitative estimate of drug-likeness (QED) is 0.618. The van der Waals surface area contributed by atoms with Gasteiger partial charge in [0.05, 0.1) is 22.1 Å². The van der Waals surface area contributed by atoms with Gasteiger partial charge in [0, 0.05) is 63.4 Å². The topological polar surface area (TPSA) is 56.3 Å². The Labute approximate surface area is 191 Å². The van der Waals surface area contributed by atoms with Crippen molar-refractivity contribution in [1.29, 1.82) is 0 Å². The fourth-order valence-corrected chi connectivity index (χ4v) is 5.62. The number of hydrogen-bond donors (Lipinski definition) is 2. The molecular weight excluding hydrogens is 396 g/mol. The Balaban J connectivity index is 1.37. The van der Waals surface area contributed by atoms with Gasteiger partial charge in [0.25, 0.3) is 0 Å². The maximum absolute atomic E-state index is 5.02. The van der Waals surface area contributed by atoms with Gasteiger partial charge in [-0.15, -0.1) is 0 Å². The van der Waals surface area contributed by atoms with E-state index in [-0.39, 0.29) is 0 Å². The van der Waals surface area contributed by atoms with Gasteiger partial charge in [-0.1, -0.05) is 12.1 Å². The van der Waals surface area contributed by atoms with Gasteiger partial charge < -0.3 is 10.6 Å². The molecule has 0 saturated carbocycles. The van der Waals surface area contributed by atoms with E-state index >= 15 is 0 Å². The smallest absolute Gasteiger partial charge is 0.0897 e. The normalized spacial score (nSPS) is 27.9. The molecule has 1 aromatic heterocycles. The van der Waals surface area contributed by atoms with E-state index in [0.29, 0.717) is 24.2 Å². The number of aromatic nitrogens is 2. The van der Waals surface area contributed by atoms with Crippen molar-refractivity contribution in [3.8, 4) is 0 Å². The van der Waals surface area contributed by atoms with Crippen LogP contribution >= 0.6 is 0 Å². The molecule has 170 valence electrons. The zero-order chi connectivity index (χ0) is 22.2. The Bertz CT molecular complexity index is 995. The van der Waals surface area contributed by atoms with Gasteiger partial charge in [-0.2, -0.15) is 0 Å². The molecule has 2 aliphatic heterocycles. The van der Waals surface area contributed by atoms with Crippen molar-refractivity contribution in [1.82, 2.24) is 30.4 Å². The summed E-state index contributed by atoms with van der Waals surface area (Å²) < 4.78 is 0. The van der Waals surface area contributed by atoms with Crippen LogP contribution in [0, 0.1) is 0 Å². The van der Waals surface area contributed by atoms with Crippen LogP contribution < -0.4 is 10.6 Å². The molecule has 0 aliphatic carbocycles. The molecule has 0 amide bonds. The SMILES string of the molecule is CC1CN(Cc2ccc3nc4ccc(CN5CC(C)NC(C)C5)cc4nc3c2)CC(C)N1. The first-order valence-electron chi connectivity index (χ1n) is 12.1. The molecule has 6 heteroatoms. The summed E-state index contributed by atoms with van der Waals surface area (Å²) in [6.07, 6.45) is 0. The first-order chi connectivity index (χ1) is 15.4. The van der Waals surface area contributed by atoms with E-state index in [9.17, 15) is 0 Å². The summed E-state index contributed by atoms with van der Waals surface area (Å²) in [6.45, 7) is 15.3. The number of fused-ring (bicyclic) bond motifs is 2. The minimum absolute atomic E-state index is 0.531. The summed E-state index contributed by atoms with van der Waals surface area (Å²) in [4.78, 5) is 15.0. The largest absolute Gasteiger partial charge is 0.309 e. The van der Waals surface area contributed by atoms with Gasteiger partial charge in [0.2, 0.25) is 0 Å². The second-order valence-corrected chi connectivity index (χ2v) is 10.2. The van der Waals surface area contributed by atoms with Crippen LogP contribution in [-0.4, -0.2) is 70.1 Å². The minimum atomic E-state index is 0.531. The molecule has 5 rings (SSSR count). The molecule has 4 atom stereocenters. The van der Waals surface area contributed by atoms with Crippen LogP contribution in [0.5, 0.6) is 0 Å². The van der Waals surface area contributed by atoms with Crippen LogP contribution in [0.3, 0.4) is 0 Å². The average molecular weight is 433 g/mol. The van der Waals surface area contributed by atoms with Crippen LogP contribution in [0.2, 0.25) is 0 Å². The van der Waals surface area contributed by atoms with Crippen LogP contribution in [0.1, 0.15) is 38.8 Å². The first kappa shape index (κ1) is 21.7. The molecule has 4 unspecified atom stereocenters. The number of rotatable bonds is 4. The highest BCUT2D eigenvalue weighted by molar-refractivity contribution is 5.86. The van der Waals surface area contributed by atoms with Gasteiger partial charge in [0.1, 0.15) is 0 Å². The summed E-state index contributed by atoms with van der Waals surface area (Å²) >= 11 is 0. The van der Waals surface area contributed by atoms with E-state index < -0.39 is 0 Å².